The molecule has 1 amide bonds. The van der Waals surface area contributed by atoms with Gasteiger partial charge in [-0.2, -0.15) is 0 Å². The lowest BCUT2D eigenvalue weighted by Crippen LogP contribution is -2.50. The SMILES string of the molecule is COc1ccc(C(=O)N2CCC(O)(C(=O)O)CC2)cc1Br. The second kappa shape index (κ2) is 6.03. The maximum absolute atomic E-state index is 12.4. The zero-order valence-corrected chi connectivity index (χ0v) is 13.1. The smallest absolute Gasteiger partial charge is 0.335 e. The molecule has 2 N–H and O–H groups in total. The number of carbonyl (C=O) groups excluding carboxylic acids is 1. The summed E-state index contributed by atoms with van der Waals surface area (Å²) in [5.74, 6) is -0.793. The van der Waals surface area contributed by atoms with Gasteiger partial charge in [0.05, 0.1) is 11.6 Å². The number of carboxylic acids is 1. The molecule has 0 aromatic heterocycles. The Balaban J connectivity index is 2.09. The van der Waals surface area contributed by atoms with Crippen LogP contribution in [0.15, 0.2) is 22.7 Å². The van der Waals surface area contributed by atoms with Gasteiger partial charge >= 0.3 is 5.97 Å². The zero-order valence-electron chi connectivity index (χ0n) is 11.5. The third-order valence-corrected chi connectivity index (χ3v) is 4.29. The normalized spacial score (nSPS) is 17.4. The number of amides is 1. The summed E-state index contributed by atoms with van der Waals surface area (Å²) in [6, 6.07) is 5.01. The number of carboxylic acid groups (broad SMARTS) is 1. The van der Waals surface area contributed by atoms with E-state index in [4.69, 9.17) is 9.84 Å². The maximum Gasteiger partial charge on any atom is 0.335 e. The summed E-state index contributed by atoms with van der Waals surface area (Å²) in [5, 5.41) is 18.8. The highest BCUT2D eigenvalue weighted by Gasteiger charge is 2.40. The van der Waals surface area contributed by atoms with Crippen molar-refractivity contribution >= 4 is 27.8 Å². The highest BCUT2D eigenvalue weighted by atomic mass is 79.9. The van der Waals surface area contributed by atoms with Crippen molar-refractivity contribution < 1.29 is 24.5 Å². The fourth-order valence-electron chi connectivity index (χ4n) is 2.28. The van der Waals surface area contributed by atoms with Crippen LogP contribution in [0.4, 0.5) is 0 Å². The molecule has 114 valence electrons. The van der Waals surface area contributed by atoms with E-state index >= 15 is 0 Å². The number of ether oxygens (including phenoxy) is 1. The van der Waals surface area contributed by atoms with E-state index < -0.39 is 11.6 Å². The third-order valence-electron chi connectivity index (χ3n) is 3.67. The number of piperidine rings is 1. The number of hydrogen-bond donors (Lipinski definition) is 2. The Hall–Kier alpha value is -1.60. The van der Waals surface area contributed by atoms with Gasteiger partial charge in [0.25, 0.3) is 5.91 Å². The fourth-order valence-corrected chi connectivity index (χ4v) is 2.82. The first-order chi connectivity index (χ1) is 9.87. The molecule has 0 radical (unpaired) electrons. The van der Waals surface area contributed by atoms with Crippen LogP contribution in [0.3, 0.4) is 0 Å². The summed E-state index contributed by atoms with van der Waals surface area (Å²) in [6.07, 6.45) is 0.0663. The third kappa shape index (κ3) is 3.19. The highest BCUT2D eigenvalue weighted by Crippen LogP contribution is 2.28. The van der Waals surface area contributed by atoms with Crippen molar-refractivity contribution in [2.24, 2.45) is 0 Å². The van der Waals surface area contributed by atoms with Crippen LogP contribution < -0.4 is 4.74 Å². The summed E-state index contributed by atoms with van der Waals surface area (Å²) >= 11 is 3.32. The lowest BCUT2D eigenvalue weighted by Gasteiger charge is -2.35. The van der Waals surface area contributed by atoms with E-state index in [2.05, 4.69) is 15.9 Å². The molecule has 0 unspecified atom stereocenters. The van der Waals surface area contributed by atoms with Crippen LogP contribution in [-0.4, -0.2) is 52.8 Å². The van der Waals surface area contributed by atoms with E-state index in [0.717, 1.165) is 0 Å². The number of rotatable bonds is 3. The molecule has 21 heavy (non-hydrogen) atoms. The molecule has 1 aromatic carbocycles. The minimum absolute atomic E-state index is 0.0331. The van der Waals surface area contributed by atoms with E-state index in [0.29, 0.717) is 15.8 Å². The first kappa shape index (κ1) is 15.8. The van der Waals surface area contributed by atoms with Crippen molar-refractivity contribution in [2.45, 2.75) is 18.4 Å². The highest BCUT2D eigenvalue weighted by molar-refractivity contribution is 9.10. The molecule has 1 saturated heterocycles. The minimum atomic E-state index is -1.72. The topological polar surface area (TPSA) is 87.1 Å². The Morgan fingerprint density at radius 1 is 1.33 bits per heavy atom. The number of nitrogens with zero attached hydrogens (tertiary/aromatic N) is 1. The predicted molar refractivity (Wildman–Crippen MR) is 78.4 cm³/mol. The van der Waals surface area contributed by atoms with E-state index in [1.807, 2.05) is 0 Å². The average Bonchev–Trinajstić information content (AvgIpc) is 2.47. The Kier molecular flexibility index (Phi) is 4.53. The fraction of sp³-hybridized carbons (Fsp3) is 0.429. The lowest BCUT2D eigenvalue weighted by atomic mass is 9.91. The van der Waals surface area contributed by atoms with Crippen LogP contribution in [0.1, 0.15) is 23.2 Å². The number of benzene rings is 1. The van der Waals surface area contributed by atoms with Gasteiger partial charge in [-0.25, -0.2) is 4.79 Å². The second-order valence-corrected chi connectivity index (χ2v) is 5.83. The molecular formula is C14H16BrNO5. The van der Waals surface area contributed by atoms with Gasteiger partial charge in [-0.05, 0) is 34.1 Å². The molecule has 0 atom stereocenters. The monoisotopic (exact) mass is 357 g/mol. The van der Waals surface area contributed by atoms with Gasteiger partial charge in [-0.3, -0.25) is 4.79 Å². The summed E-state index contributed by atoms with van der Waals surface area (Å²) < 4.78 is 5.78. The van der Waals surface area contributed by atoms with Crippen molar-refractivity contribution in [3.8, 4) is 5.75 Å². The van der Waals surface area contributed by atoms with Gasteiger partial charge in [0.1, 0.15) is 5.75 Å². The van der Waals surface area contributed by atoms with Crippen molar-refractivity contribution in [2.75, 3.05) is 20.2 Å². The van der Waals surface area contributed by atoms with E-state index in [9.17, 15) is 14.7 Å². The van der Waals surface area contributed by atoms with Crippen molar-refractivity contribution in [3.63, 3.8) is 0 Å². The van der Waals surface area contributed by atoms with Crippen molar-refractivity contribution in [1.82, 2.24) is 4.90 Å². The molecule has 6 nitrogen and oxygen atoms in total. The molecule has 2 rings (SSSR count). The van der Waals surface area contributed by atoms with Crippen LogP contribution in [-0.2, 0) is 4.79 Å². The zero-order chi connectivity index (χ0) is 15.6. The molecule has 1 aromatic rings. The number of likely N-dealkylation sites (tertiary alicyclic amines) is 1. The molecule has 1 heterocycles. The number of aliphatic carboxylic acids is 1. The Morgan fingerprint density at radius 2 is 1.95 bits per heavy atom. The molecule has 1 fully saturated rings. The van der Waals surface area contributed by atoms with Crippen LogP contribution in [0, 0.1) is 0 Å². The van der Waals surface area contributed by atoms with Crippen LogP contribution >= 0.6 is 15.9 Å². The molecular weight excluding hydrogens is 342 g/mol. The average molecular weight is 358 g/mol. The largest absolute Gasteiger partial charge is 0.496 e. The van der Waals surface area contributed by atoms with Crippen LogP contribution in [0.2, 0.25) is 0 Å². The Bertz CT molecular complexity index is 566. The van der Waals surface area contributed by atoms with Crippen LogP contribution in [0.5, 0.6) is 5.75 Å². The molecule has 7 heteroatoms. The first-order valence-electron chi connectivity index (χ1n) is 6.46. The molecule has 0 saturated carbocycles. The van der Waals surface area contributed by atoms with E-state index in [1.54, 1.807) is 30.2 Å². The van der Waals surface area contributed by atoms with Gasteiger partial charge in [0, 0.05) is 31.5 Å². The standard InChI is InChI=1S/C14H16BrNO5/c1-21-11-3-2-9(8-10(11)15)12(17)16-6-4-14(20,5-7-16)13(18)19/h2-3,8,20H,4-7H2,1H3,(H,18,19). The maximum atomic E-state index is 12.4. The second-order valence-electron chi connectivity index (χ2n) is 4.98. The van der Waals surface area contributed by atoms with Gasteiger partial charge in [0.2, 0.25) is 0 Å². The number of methoxy groups -OCH3 is 1. The van der Waals surface area contributed by atoms with Crippen LogP contribution in [0.25, 0.3) is 0 Å². The minimum Gasteiger partial charge on any atom is -0.496 e. The van der Waals surface area contributed by atoms with E-state index in [1.165, 1.54) is 0 Å². The van der Waals surface area contributed by atoms with Gasteiger partial charge < -0.3 is 19.8 Å². The van der Waals surface area contributed by atoms with E-state index in [-0.39, 0.29) is 31.8 Å². The molecule has 0 aliphatic carbocycles. The van der Waals surface area contributed by atoms with Gasteiger partial charge in [-0.15, -0.1) is 0 Å². The molecule has 0 spiro atoms. The number of carbonyl (C=O) groups is 2. The Labute approximate surface area is 130 Å². The lowest BCUT2D eigenvalue weighted by molar-refractivity contribution is -0.162. The summed E-state index contributed by atoms with van der Waals surface area (Å²) in [6.45, 7) is 0.427. The first-order valence-corrected chi connectivity index (χ1v) is 7.25. The summed E-state index contributed by atoms with van der Waals surface area (Å²) in [7, 11) is 1.54. The number of hydrogen-bond acceptors (Lipinski definition) is 4. The summed E-state index contributed by atoms with van der Waals surface area (Å²) in [4.78, 5) is 24.9. The quantitative estimate of drug-likeness (QED) is 0.855. The summed E-state index contributed by atoms with van der Waals surface area (Å²) in [5.41, 5.74) is -1.24. The van der Waals surface area contributed by atoms with Gasteiger partial charge in [-0.1, -0.05) is 0 Å². The van der Waals surface area contributed by atoms with Gasteiger partial charge in [0.15, 0.2) is 5.60 Å². The number of aliphatic hydroxyl groups is 1. The van der Waals surface area contributed by atoms with Crippen molar-refractivity contribution in [1.29, 1.82) is 0 Å². The van der Waals surface area contributed by atoms with Crippen molar-refractivity contribution in [3.05, 3.63) is 28.2 Å². The predicted octanol–water partition coefficient (Wildman–Crippen LogP) is 1.51. The number of halogens is 1. The molecule has 1 aliphatic rings. The Morgan fingerprint density at radius 3 is 2.43 bits per heavy atom. The molecule has 0 bridgehead atoms. The molecule has 1 aliphatic heterocycles.